The van der Waals surface area contributed by atoms with Gasteiger partial charge in [-0.2, -0.15) is 5.26 Å². The Bertz CT molecular complexity index is 777. The van der Waals surface area contributed by atoms with Gasteiger partial charge in [-0.3, -0.25) is 4.79 Å². The zero-order valence-corrected chi connectivity index (χ0v) is 13.4. The first-order chi connectivity index (χ1) is 11.7. The van der Waals surface area contributed by atoms with Crippen molar-refractivity contribution in [3.05, 3.63) is 41.7 Å². The van der Waals surface area contributed by atoms with Gasteiger partial charge in [0.2, 0.25) is 6.41 Å². The normalized spacial score (nSPS) is 14.2. The summed E-state index contributed by atoms with van der Waals surface area (Å²) in [6, 6.07) is 11.3. The summed E-state index contributed by atoms with van der Waals surface area (Å²) in [4.78, 5) is 23.6. The molecule has 1 fully saturated rings. The summed E-state index contributed by atoms with van der Waals surface area (Å²) in [5.41, 5.74) is 1.40. The molecular formula is C17H18N6O. The second-order valence-corrected chi connectivity index (χ2v) is 5.60. The van der Waals surface area contributed by atoms with E-state index in [1.54, 1.807) is 17.0 Å². The molecule has 1 aromatic heterocycles. The number of hydrogen-bond acceptors (Lipinski definition) is 6. The van der Waals surface area contributed by atoms with Gasteiger partial charge in [-0.25, -0.2) is 9.97 Å². The van der Waals surface area contributed by atoms with Crippen LogP contribution < -0.4 is 10.2 Å². The minimum absolute atomic E-state index is 0.594. The summed E-state index contributed by atoms with van der Waals surface area (Å²) in [6.07, 6.45) is 0.887. The topological polar surface area (TPSA) is 85.2 Å². The molecule has 1 amide bonds. The Labute approximate surface area is 140 Å². The van der Waals surface area contributed by atoms with Crippen molar-refractivity contribution in [3.63, 3.8) is 0 Å². The number of carbonyl (C=O) groups is 1. The third kappa shape index (κ3) is 3.60. The molecule has 1 aliphatic heterocycles. The minimum atomic E-state index is 0.594. The van der Waals surface area contributed by atoms with Crippen molar-refractivity contribution in [1.29, 1.82) is 5.26 Å². The van der Waals surface area contributed by atoms with Gasteiger partial charge in [0.15, 0.2) is 0 Å². The molecule has 0 bridgehead atoms. The quantitative estimate of drug-likeness (QED) is 0.862. The highest BCUT2D eigenvalue weighted by Gasteiger charge is 2.17. The van der Waals surface area contributed by atoms with Crippen LogP contribution in [0, 0.1) is 18.3 Å². The van der Waals surface area contributed by atoms with Gasteiger partial charge >= 0.3 is 0 Å². The Morgan fingerprint density at radius 3 is 2.71 bits per heavy atom. The highest BCUT2D eigenvalue weighted by atomic mass is 16.1. The maximum atomic E-state index is 10.8. The van der Waals surface area contributed by atoms with Crippen LogP contribution in [0.25, 0.3) is 0 Å². The average molecular weight is 322 g/mol. The zero-order valence-electron chi connectivity index (χ0n) is 13.4. The first kappa shape index (κ1) is 15.7. The third-order valence-corrected chi connectivity index (χ3v) is 3.88. The maximum Gasteiger partial charge on any atom is 0.209 e. The monoisotopic (exact) mass is 322 g/mol. The van der Waals surface area contributed by atoms with E-state index in [4.69, 9.17) is 5.26 Å². The van der Waals surface area contributed by atoms with Crippen molar-refractivity contribution >= 4 is 23.7 Å². The van der Waals surface area contributed by atoms with Gasteiger partial charge in [0.25, 0.3) is 0 Å². The van der Waals surface area contributed by atoms with E-state index < -0.39 is 0 Å². The molecule has 0 atom stereocenters. The highest BCUT2D eigenvalue weighted by Crippen LogP contribution is 2.21. The van der Waals surface area contributed by atoms with E-state index in [1.165, 1.54) is 0 Å². The van der Waals surface area contributed by atoms with E-state index >= 15 is 0 Å². The van der Waals surface area contributed by atoms with Crippen molar-refractivity contribution in [1.82, 2.24) is 14.9 Å². The molecule has 1 aliphatic rings. The van der Waals surface area contributed by atoms with E-state index in [1.807, 2.05) is 25.1 Å². The summed E-state index contributed by atoms with van der Waals surface area (Å²) in [6.45, 7) is 4.73. The van der Waals surface area contributed by atoms with Crippen LogP contribution in [0.3, 0.4) is 0 Å². The Kier molecular flexibility index (Phi) is 4.57. The van der Waals surface area contributed by atoms with E-state index in [-0.39, 0.29) is 0 Å². The van der Waals surface area contributed by atoms with Crippen LogP contribution in [-0.2, 0) is 4.79 Å². The molecule has 2 aromatic rings. The third-order valence-electron chi connectivity index (χ3n) is 3.88. The Balaban J connectivity index is 1.79. The molecule has 0 spiro atoms. The van der Waals surface area contributed by atoms with Gasteiger partial charge in [-0.1, -0.05) is 6.07 Å². The molecule has 1 N–H and O–H groups in total. The lowest BCUT2D eigenvalue weighted by Crippen LogP contribution is -2.46. The molecule has 122 valence electrons. The lowest BCUT2D eigenvalue weighted by Gasteiger charge is -2.33. The van der Waals surface area contributed by atoms with E-state index in [0.717, 1.165) is 31.0 Å². The number of nitrogens with zero attached hydrogens (tertiary/aromatic N) is 5. The summed E-state index contributed by atoms with van der Waals surface area (Å²) in [7, 11) is 0. The summed E-state index contributed by atoms with van der Waals surface area (Å²) >= 11 is 0. The van der Waals surface area contributed by atoms with Gasteiger partial charge in [0.05, 0.1) is 11.6 Å². The second-order valence-electron chi connectivity index (χ2n) is 5.60. The molecule has 1 aromatic carbocycles. The highest BCUT2D eigenvalue weighted by molar-refractivity contribution is 5.61. The van der Waals surface area contributed by atoms with Crippen LogP contribution in [0.15, 0.2) is 30.3 Å². The SMILES string of the molecule is Cc1nc(Nc2cccc(C#N)c2)cc(N2CCN(C=O)CC2)n1. The fraction of sp³-hybridized carbons (Fsp3) is 0.294. The Morgan fingerprint density at radius 2 is 2.00 bits per heavy atom. The lowest BCUT2D eigenvalue weighted by molar-refractivity contribution is -0.118. The number of aryl methyl sites for hydroxylation is 1. The summed E-state index contributed by atoms with van der Waals surface area (Å²) in [5, 5.41) is 12.2. The van der Waals surface area contributed by atoms with Crippen LogP contribution in [-0.4, -0.2) is 47.5 Å². The van der Waals surface area contributed by atoms with E-state index in [9.17, 15) is 4.79 Å². The van der Waals surface area contributed by atoms with Crippen LogP contribution >= 0.6 is 0 Å². The van der Waals surface area contributed by atoms with Crippen LogP contribution in [0.1, 0.15) is 11.4 Å². The van der Waals surface area contributed by atoms with Crippen molar-refractivity contribution < 1.29 is 4.79 Å². The molecule has 3 rings (SSSR count). The molecular weight excluding hydrogens is 304 g/mol. The van der Waals surface area contributed by atoms with E-state index in [0.29, 0.717) is 30.3 Å². The second kappa shape index (κ2) is 6.96. The zero-order chi connectivity index (χ0) is 16.9. The fourth-order valence-corrected chi connectivity index (χ4v) is 2.65. The molecule has 0 radical (unpaired) electrons. The van der Waals surface area contributed by atoms with Crippen molar-refractivity contribution in [2.24, 2.45) is 0 Å². The maximum absolute atomic E-state index is 10.8. The fourth-order valence-electron chi connectivity index (χ4n) is 2.65. The predicted molar refractivity (Wildman–Crippen MR) is 91.1 cm³/mol. The molecule has 0 saturated carbocycles. The summed E-state index contributed by atoms with van der Waals surface area (Å²) < 4.78 is 0. The summed E-state index contributed by atoms with van der Waals surface area (Å²) in [5.74, 6) is 2.20. The number of hydrogen-bond donors (Lipinski definition) is 1. The number of rotatable bonds is 4. The number of anilines is 3. The van der Waals surface area contributed by atoms with E-state index in [2.05, 4.69) is 26.3 Å². The van der Waals surface area contributed by atoms with Crippen molar-refractivity contribution in [2.75, 3.05) is 36.4 Å². The Hall–Kier alpha value is -3.14. The minimum Gasteiger partial charge on any atom is -0.353 e. The van der Waals surface area contributed by atoms with Crippen LogP contribution in [0.2, 0.25) is 0 Å². The smallest absolute Gasteiger partial charge is 0.209 e. The number of carbonyl (C=O) groups excluding carboxylic acids is 1. The molecule has 24 heavy (non-hydrogen) atoms. The van der Waals surface area contributed by atoms with Crippen LogP contribution in [0.4, 0.5) is 17.3 Å². The standard InChI is InChI=1S/C17H18N6O/c1-13-19-16(21-15-4-2-3-14(9-15)11-18)10-17(20-13)23-7-5-22(12-24)6-8-23/h2-4,9-10,12H,5-8H2,1H3,(H,19,20,21). The molecule has 1 saturated heterocycles. The Morgan fingerprint density at radius 1 is 1.21 bits per heavy atom. The molecule has 2 heterocycles. The largest absolute Gasteiger partial charge is 0.353 e. The van der Waals surface area contributed by atoms with Gasteiger partial charge in [-0.15, -0.1) is 0 Å². The van der Waals surface area contributed by atoms with Crippen LogP contribution in [0.5, 0.6) is 0 Å². The molecule has 7 nitrogen and oxygen atoms in total. The van der Waals surface area contributed by atoms with Crippen molar-refractivity contribution in [2.45, 2.75) is 6.92 Å². The average Bonchev–Trinajstić information content (AvgIpc) is 2.61. The van der Waals surface area contributed by atoms with Crippen molar-refractivity contribution in [3.8, 4) is 6.07 Å². The van der Waals surface area contributed by atoms with Gasteiger partial charge in [0.1, 0.15) is 17.5 Å². The first-order valence-corrected chi connectivity index (χ1v) is 7.75. The molecule has 0 aliphatic carbocycles. The number of amides is 1. The lowest BCUT2D eigenvalue weighted by atomic mass is 10.2. The van der Waals surface area contributed by atoms with Gasteiger partial charge in [0, 0.05) is 37.9 Å². The number of benzene rings is 1. The first-order valence-electron chi connectivity index (χ1n) is 7.75. The number of aromatic nitrogens is 2. The van der Waals surface area contributed by atoms with Gasteiger partial charge < -0.3 is 15.1 Å². The number of nitriles is 1. The number of nitrogens with one attached hydrogen (secondary N) is 1. The molecule has 7 heteroatoms. The van der Waals surface area contributed by atoms with Gasteiger partial charge in [-0.05, 0) is 25.1 Å². The number of piperazine rings is 1. The molecule has 0 unspecified atom stereocenters. The predicted octanol–water partition coefficient (Wildman–Crippen LogP) is 1.68.